The highest BCUT2D eigenvalue weighted by molar-refractivity contribution is 5.49. The quantitative estimate of drug-likeness (QED) is 0.726. The molecule has 112 valence electrons. The summed E-state index contributed by atoms with van der Waals surface area (Å²) in [6.45, 7) is 4.18. The lowest BCUT2D eigenvalue weighted by atomic mass is 10.1. The van der Waals surface area contributed by atoms with E-state index in [0.29, 0.717) is 0 Å². The third kappa shape index (κ3) is 4.15. The summed E-state index contributed by atoms with van der Waals surface area (Å²) in [5.41, 5.74) is 3.14. The van der Waals surface area contributed by atoms with Crippen molar-refractivity contribution in [2.45, 2.75) is 39.2 Å². The minimum atomic E-state index is -0.0351. The van der Waals surface area contributed by atoms with Crippen LogP contribution >= 0.6 is 0 Å². The van der Waals surface area contributed by atoms with Gasteiger partial charge in [0.25, 0.3) is 0 Å². The maximum absolute atomic E-state index is 9.88. The Morgan fingerprint density at radius 1 is 1.05 bits per heavy atom. The number of nitrogens with one attached hydrogen (secondary N) is 1. The van der Waals surface area contributed by atoms with E-state index in [1.165, 1.54) is 24.5 Å². The molecule has 2 aromatic rings. The van der Waals surface area contributed by atoms with Crippen LogP contribution < -0.4 is 5.32 Å². The Kier molecular flexibility index (Phi) is 5.09. The lowest BCUT2D eigenvalue weighted by molar-refractivity contribution is 0.444. The average Bonchev–Trinajstić information content (AvgIpc) is 2.46. The number of rotatable bonds is 6. The van der Waals surface area contributed by atoms with Gasteiger partial charge in [-0.3, -0.25) is 0 Å². The molecule has 2 rings (SSSR count). The molecule has 0 saturated heterocycles. The number of benzene rings is 2. The van der Waals surface area contributed by atoms with Crippen LogP contribution in [0, 0.1) is 0 Å². The SMILES string of the molecule is CCCCc1ccc(NC(C)c2ccc(O)cc2O)cc1. The second-order valence-electron chi connectivity index (χ2n) is 5.41. The van der Waals surface area contributed by atoms with Crippen LogP contribution in [0.5, 0.6) is 11.5 Å². The maximum atomic E-state index is 9.88. The van der Waals surface area contributed by atoms with Gasteiger partial charge in [0.2, 0.25) is 0 Å². The number of aryl methyl sites for hydroxylation is 1. The van der Waals surface area contributed by atoms with E-state index in [2.05, 4.69) is 36.5 Å². The van der Waals surface area contributed by atoms with E-state index in [1.54, 1.807) is 12.1 Å². The number of hydrogen-bond acceptors (Lipinski definition) is 3. The monoisotopic (exact) mass is 285 g/mol. The topological polar surface area (TPSA) is 52.5 Å². The zero-order valence-electron chi connectivity index (χ0n) is 12.6. The first-order valence-electron chi connectivity index (χ1n) is 7.47. The largest absolute Gasteiger partial charge is 0.508 e. The van der Waals surface area contributed by atoms with E-state index in [0.717, 1.165) is 17.7 Å². The molecule has 0 fully saturated rings. The van der Waals surface area contributed by atoms with Gasteiger partial charge in [-0.25, -0.2) is 0 Å². The molecular weight excluding hydrogens is 262 g/mol. The van der Waals surface area contributed by atoms with Crippen molar-refractivity contribution in [2.24, 2.45) is 0 Å². The fraction of sp³-hybridized carbons (Fsp3) is 0.333. The smallest absolute Gasteiger partial charge is 0.124 e. The van der Waals surface area contributed by atoms with E-state index < -0.39 is 0 Å². The summed E-state index contributed by atoms with van der Waals surface area (Å²) in [6, 6.07) is 13.1. The summed E-state index contributed by atoms with van der Waals surface area (Å²) in [6.07, 6.45) is 3.53. The third-order valence-electron chi connectivity index (χ3n) is 3.64. The Balaban J connectivity index is 2.03. The van der Waals surface area contributed by atoms with Crippen LogP contribution in [-0.4, -0.2) is 10.2 Å². The average molecular weight is 285 g/mol. The summed E-state index contributed by atoms with van der Waals surface area (Å²) in [5, 5.41) is 22.6. The van der Waals surface area contributed by atoms with Crippen molar-refractivity contribution < 1.29 is 10.2 Å². The van der Waals surface area contributed by atoms with Gasteiger partial charge in [-0.2, -0.15) is 0 Å². The van der Waals surface area contributed by atoms with Crippen molar-refractivity contribution in [3.8, 4) is 11.5 Å². The van der Waals surface area contributed by atoms with Crippen molar-refractivity contribution in [1.29, 1.82) is 0 Å². The molecule has 0 saturated carbocycles. The number of phenols is 2. The molecule has 0 amide bonds. The number of anilines is 1. The van der Waals surface area contributed by atoms with Crippen LogP contribution in [0.15, 0.2) is 42.5 Å². The Morgan fingerprint density at radius 2 is 1.76 bits per heavy atom. The van der Waals surface area contributed by atoms with E-state index in [9.17, 15) is 10.2 Å². The first kappa shape index (κ1) is 15.2. The highest BCUT2D eigenvalue weighted by Gasteiger charge is 2.10. The summed E-state index contributed by atoms with van der Waals surface area (Å²) < 4.78 is 0. The Bertz CT molecular complexity index is 578. The normalized spacial score (nSPS) is 12.1. The van der Waals surface area contributed by atoms with Crippen molar-refractivity contribution in [1.82, 2.24) is 0 Å². The van der Waals surface area contributed by atoms with Gasteiger partial charge in [0, 0.05) is 17.3 Å². The van der Waals surface area contributed by atoms with Crippen LogP contribution in [0.2, 0.25) is 0 Å². The molecule has 3 heteroatoms. The number of aromatic hydroxyl groups is 2. The highest BCUT2D eigenvalue weighted by atomic mass is 16.3. The molecule has 0 spiro atoms. The van der Waals surface area contributed by atoms with Gasteiger partial charge >= 0.3 is 0 Å². The summed E-state index contributed by atoms with van der Waals surface area (Å²) >= 11 is 0. The molecule has 0 aromatic heterocycles. The molecule has 1 unspecified atom stereocenters. The molecule has 2 aromatic carbocycles. The molecular formula is C18H23NO2. The third-order valence-corrected chi connectivity index (χ3v) is 3.64. The number of unbranched alkanes of at least 4 members (excludes halogenated alkanes) is 1. The second kappa shape index (κ2) is 7.02. The molecule has 0 aliphatic rings. The van der Waals surface area contributed by atoms with Crippen molar-refractivity contribution in [3.63, 3.8) is 0 Å². The van der Waals surface area contributed by atoms with Gasteiger partial charge in [0.1, 0.15) is 11.5 Å². The van der Waals surface area contributed by atoms with Crippen molar-refractivity contribution >= 4 is 5.69 Å². The van der Waals surface area contributed by atoms with Crippen LogP contribution in [0.4, 0.5) is 5.69 Å². The van der Waals surface area contributed by atoms with Gasteiger partial charge in [-0.05, 0) is 49.6 Å². The fourth-order valence-corrected chi connectivity index (χ4v) is 2.37. The zero-order valence-corrected chi connectivity index (χ0v) is 12.6. The molecule has 0 heterocycles. The Hall–Kier alpha value is -2.16. The van der Waals surface area contributed by atoms with Crippen LogP contribution in [0.3, 0.4) is 0 Å². The van der Waals surface area contributed by atoms with Gasteiger partial charge < -0.3 is 15.5 Å². The standard InChI is InChI=1S/C18H23NO2/c1-3-4-5-14-6-8-15(9-7-14)19-13(2)17-11-10-16(20)12-18(17)21/h6-13,19-21H,3-5H2,1-2H3. The lowest BCUT2D eigenvalue weighted by Gasteiger charge is -2.17. The van der Waals surface area contributed by atoms with E-state index in [-0.39, 0.29) is 17.5 Å². The first-order chi connectivity index (χ1) is 10.1. The van der Waals surface area contributed by atoms with E-state index in [1.807, 2.05) is 6.92 Å². The van der Waals surface area contributed by atoms with Crippen LogP contribution in [0.1, 0.15) is 43.9 Å². The van der Waals surface area contributed by atoms with Crippen LogP contribution in [-0.2, 0) is 6.42 Å². The van der Waals surface area contributed by atoms with E-state index >= 15 is 0 Å². The first-order valence-corrected chi connectivity index (χ1v) is 7.47. The number of phenolic OH excluding ortho intramolecular Hbond substituents is 2. The molecule has 0 radical (unpaired) electrons. The molecule has 0 aliphatic carbocycles. The molecule has 3 nitrogen and oxygen atoms in total. The predicted molar refractivity (Wildman–Crippen MR) is 86.9 cm³/mol. The molecule has 21 heavy (non-hydrogen) atoms. The van der Waals surface area contributed by atoms with Gasteiger partial charge in [0.15, 0.2) is 0 Å². The van der Waals surface area contributed by atoms with Gasteiger partial charge in [-0.1, -0.05) is 25.5 Å². The van der Waals surface area contributed by atoms with Gasteiger partial charge in [0.05, 0.1) is 6.04 Å². The molecule has 3 N–H and O–H groups in total. The second-order valence-corrected chi connectivity index (χ2v) is 5.41. The fourth-order valence-electron chi connectivity index (χ4n) is 2.37. The minimum absolute atomic E-state index is 0.0351. The summed E-state index contributed by atoms with van der Waals surface area (Å²) in [4.78, 5) is 0. The molecule has 0 aliphatic heterocycles. The van der Waals surface area contributed by atoms with Crippen LogP contribution in [0.25, 0.3) is 0 Å². The Labute approximate surface area is 126 Å². The maximum Gasteiger partial charge on any atom is 0.124 e. The van der Waals surface area contributed by atoms with Gasteiger partial charge in [-0.15, -0.1) is 0 Å². The minimum Gasteiger partial charge on any atom is -0.508 e. The summed E-state index contributed by atoms with van der Waals surface area (Å²) in [5.74, 6) is 0.179. The number of hydrogen-bond donors (Lipinski definition) is 3. The van der Waals surface area contributed by atoms with Crippen molar-refractivity contribution in [2.75, 3.05) is 5.32 Å². The van der Waals surface area contributed by atoms with E-state index in [4.69, 9.17) is 0 Å². The zero-order chi connectivity index (χ0) is 15.2. The summed E-state index contributed by atoms with van der Waals surface area (Å²) in [7, 11) is 0. The molecule has 0 bridgehead atoms. The molecule has 1 atom stereocenters. The predicted octanol–water partition coefficient (Wildman–Crippen LogP) is 4.61. The Morgan fingerprint density at radius 3 is 2.38 bits per heavy atom. The lowest BCUT2D eigenvalue weighted by Crippen LogP contribution is -2.06. The highest BCUT2D eigenvalue weighted by Crippen LogP contribution is 2.29. The van der Waals surface area contributed by atoms with Crippen molar-refractivity contribution in [3.05, 3.63) is 53.6 Å².